The molecule has 6 nitrogen and oxygen atoms in total. The molecule has 162 valence electrons. The summed E-state index contributed by atoms with van der Waals surface area (Å²) in [7, 11) is 0. The Labute approximate surface area is 186 Å². The molecule has 2 N–H and O–H groups in total. The highest BCUT2D eigenvalue weighted by Gasteiger charge is 2.33. The summed E-state index contributed by atoms with van der Waals surface area (Å²) in [5.74, 6) is -0.109. The molecule has 1 amide bonds. The summed E-state index contributed by atoms with van der Waals surface area (Å²) in [6.07, 6.45) is -0.180. The van der Waals surface area contributed by atoms with Crippen LogP contribution in [-0.4, -0.2) is 29.3 Å². The second-order valence-corrected chi connectivity index (χ2v) is 8.63. The number of aliphatic hydroxyl groups is 1. The average molecular weight is 453 g/mol. The SMILES string of the molecule is CC(C)(C)OC(=O)N/N=C(/OCCc1ccccc1)C(C)(O)c1ccc(Cl)c(Cl)c1. The highest BCUT2D eigenvalue weighted by atomic mass is 35.5. The van der Waals surface area contributed by atoms with Crippen LogP contribution >= 0.6 is 23.2 Å². The minimum atomic E-state index is -1.68. The first-order valence-corrected chi connectivity index (χ1v) is 10.2. The van der Waals surface area contributed by atoms with E-state index in [1.165, 1.54) is 13.0 Å². The van der Waals surface area contributed by atoms with Crippen molar-refractivity contribution in [1.29, 1.82) is 0 Å². The van der Waals surface area contributed by atoms with Crippen LogP contribution in [0.2, 0.25) is 10.0 Å². The molecule has 1 atom stereocenters. The quantitative estimate of drug-likeness (QED) is 0.354. The minimum absolute atomic E-state index is 0.109. The number of hydrogen-bond acceptors (Lipinski definition) is 5. The third-order valence-electron chi connectivity index (χ3n) is 4.02. The van der Waals surface area contributed by atoms with E-state index in [1.54, 1.807) is 32.9 Å². The Morgan fingerprint density at radius 3 is 2.33 bits per heavy atom. The second kappa shape index (κ2) is 10.2. The Morgan fingerprint density at radius 1 is 1.07 bits per heavy atom. The topological polar surface area (TPSA) is 80.2 Å². The Bertz CT molecular complexity index is 894. The fourth-order valence-corrected chi connectivity index (χ4v) is 2.81. The van der Waals surface area contributed by atoms with Crippen LogP contribution in [0.15, 0.2) is 53.6 Å². The maximum atomic E-state index is 12.0. The zero-order valence-electron chi connectivity index (χ0n) is 17.4. The fraction of sp³-hybridized carbons (Fsp3) is 0.364. The molecular weight excluding hydrogens is 427 g/mol. The number of hydrazone groups is 1. The summed E-state index contributed by atoms with van der Waals surface area (Å²) in [6.45, 7) is 6.93. The molecule has 0 aromatic heterocycles. The summed E-state index contributed by atoms with van der Waals surface area (Å²) in [5, 5.41) is 15.8. The van der Waals surface area contributed by atoms with E-state index in [4.69, 9.17) is 32.7 Å². The molecule has 0 spiro atoms. The largest absolute Gasteiger partial charge is 0.477 e. The van der Waals surface area contributed by atoms with Gasteiger partial charge in [0.05, 0.1) is 16.7 Å². The van der Waals surface area contributed by atoms with Gasteiger partial charge in [-0.15, -0.1) is 5.10 Å². The molecule has 0 fully saturated rings. The molecule has 0 saturated carbocycles. The molecule has 0 aliphatic rings. The number of hydrogen-bond donors (Lipinski definition) is 2. The number of halogens is 2. The maximum absolute atomic E-state index is 12.0. The van der Waals surface area contributed by atoms with Crippen LogP contribution < -0.4 is 5.43 Å². The number of benzene rings is 2. The molecule has 30 heavy (non-hydrogen) atoms. The molecule has 0 aliphatic heterocycles. The minimum Gasteiger partial charge on any atom is -0.477 e. The first kappa shape index (κ1) is 24.0. The molecule has 2 aromatic rings. The maximum Gasteiger partial charge on any atom is 0.428 e. The third kappa shape index (κ3) is 7.20. The second-order valence-electron chi connectivity index (χ2n) is 7.82. The number of carbonyl (C=O) groups is 1. The van der Waals surface area contributed by atoms with Crippen molar-refractivity contribution in [2.24, 2.45) is 5.10 Å². The summed E-state index contributed by atoms with van der Waals surface area (Å²) in [5.41, 5.74) is 1.36. The van der Waals surface area contributed by atoms with E-state index in [0.29, 0.717) is 17.0 Å². The van der Waals surface area contributed by atoms with Gasteiger partial charge >= 0.3 is 6.09 Å². The van der Waals surface area contributed by atoms with E-state index < -0.39 is 17.3 Å². The van der Waals surface area contributed by atoms with E-state index >= 15 is 0 Å². The highest BCUT2D eigenvalue weighted by molar-refractivity contribution is 6.42. The van der Waals surface area contributed by atoms with Gasteiger partial charge in [0.1, 0.15) is 5.60 Å². The highest BCUT2D eigenvalue weighted by Crippen LogP contribution is 2.30. The van der Waals surface area contributed by atoms with Gasteiger partial charge in [0.25, 0.3) is 0 Å². The summed E-state index contributed by atoms with van der Waals surface area (Å²) in [4.78, 5) is 12.0. The van der Waals surface area contributed by atoms with Gasteiger partial charge in [0, 0.05) is 6.42 Å². The number of nitrogens with zero attached hydrogens (tertiary/aromatic N) is 1. The average Bonchev–Trinajstić information content (AvgIpc) is 2.65. The molecule has 0 bridgehead atoms. The van der Waals surface area contributed by atoms with E-state index in [9.17, 15) is 9.90 Å². The van der Waals surface area contributed by atoms with Crippen molar-refractivity contribution in [2.75, 3.05) is 6.61 Å². The molecule has 0 saturated heterocycles. The van der Waals surface area contributed by atoms with Gasteiger partial charge in [-0.3, -0.25) is 0 Å². The van der Waals surface area contributed by atoms with Gasteiger partial charge in [-0.1, -0.05) is 59.6 Å². The van der Waals surface area contributed by atoms with Crippen molar-refractivity contribution < 1.29 is 19.4 Å². The number of ether oxygens (including phenoxy) is 2. The third-order valence-corrected chi connectivity index (χ3v) is 4.76. The Kier molecular flexibility index (Phi) is 8.12. The number of nitrogens with one attached hydrogen (secondary N) is 1. The van der Waals surface area contributed by atoms with Gasteiger partial charge in [-0.2, -0.15) is 0 Å². The van der Waals surface area contributed by atoms with E-state index in [1.807, 2.05) is 30.3 Å². The van der Waals surface area contributed by atoms with E-state index in [0.717, 1.165) is 5.56 Å². The van der Waals surface area contributed by atoms with Gasteiger partial charge < -0.3 is 14.6 Å². The zero-order valence-corrected chi connectivity index (χ0v) is 18.9. The number of amides is 1. The lowest BCUT2D eigenvalue weighted by atomic mass is 9.96. The van der Waals surface area contributed by atoms with Crippen LogP contribution in [0.1, 0.15) is 38.8 Å². The first-order valence-electron chi connectivity index (χ1n) is 9.41. The summed E-state index contributed by atoms with van der Waals surface area (Å²) in [6, 6.07) is 14.4. The molecule has 0 aliphatic carbocycles. The van der Waals surface area contributed by atoms with Gasteiger partial charge in [0.2, 0.25) is 5.90 Å². The fourth-order valence-electron chi connectivity index (χ4n) is 2.51. The molecule has 0 heterocycles. The monoisotopic (exact) mass is 452 g/mol. The first-order chi connectivity index (χ1) is 14.0. The van der Waals surface area contributed by atoms with Crippen molar-refractivity contribution >= 4 is 35.2 Å². The summed E-state index contributed by atoms with van der Waals surface area (Å²) >= 11 is 12.1. The Hall–Kier alpha value is -2.28. The van der Waals surface area contributed by atoms with Gasteiger partial charge in [-0.25, -0.2) is 10.2 Å². The van der Waals surface area contributed by atoms with Crippen LogP contribution in [0.25, 0.3) is 0 Å². The molecule has 8 heteroatoms. The smallest absolute Gasteiger partial charge is 0.428 e. The normalized spacial score (nSPS) is 14.0. The predicted octanol–water partition coefficient (Wildman–Crippen LogP) is 5.30. The zero-order chi connectivity index (χ0) is 22.4. The van der Waals surface area contributed by atoms with Gasteiger partial charge in [0.15, 0.2) is 5.60 Å². The van der Waals surface area contributed by atoms with Crippen molar-refractivity contribution in [1.82, 2.24) is 5.43 Å². The van der Waals surface area contributed by atoms with Crippen LogP contribution in [-0.2, 0) is 21.5 Å². The van der Waals surface area contributed by atoms with Crippen molar-refractivity contribution in [2.45, 2.75) is 45.3 Å². The lowest BCUT2D eigenvalue weighted by molar-refractivity contribution is 0.0518. The molecular formula is C22H26Cl2N2O4. The summed E-state index contributed by atoms with van der Waals surface area (Å²) < 4.78 is 11.0. The lowest BCUT2D eigenvalue weighted by Gasteiger charge is -2.26. The van der Waals surface area contributed by atoms with Crippen LogP contribution in [0.5, 0.6) is 0 Å². The van der Waals surface area contributed by atoms with Crippen molar-refractivity contribution in [3.05, 3.63) is 69.7 Å². The van der Waals surface area contributed by atoms with Gasteiger partial charge in [-0.05, 0) is 51.0 Å². The Morgan fingerprint density at radius 2 is 1.73 bits per heavy atom. The Balaban J connectivity index is 2.22. The lowest BCUT2D eigenvalue weighted by Crippen LogP contribution is -2.38. The molecule has 2 aromatic carbocycles. The number of carbonyl (C=O) groups excluding carboxylic acids is 1. The predicted molar refractivity (Wildman–Crippen MR) is 119 cm³/mol. The molecule has 1 unspecified atom stereocenters. The van der Waals surface area contributed by atoms with Crippen LogP contribution in [0.4, 0.5) is 4.79 Å². The van der Waals surface area contributed by atoms with E-state index in [-0.39, 0.29) is 17.5 Å². The molecule has 2 rings (SSSR count). The van der Waals surface area contributed by atoms with Crippen LogP contribution in [0, 0.1) is 0 Å². The number of rotatable bonds is 6. The van der Waals surface area contributed by atoms with Crippen molar-refractivity contribution in [3.8, 4) is 0 Å². The van der Waals surface area contributed by atoms with Crippen molar-refractivity contribution in [3.63, 3.8) is 0 Å². The van der Waals surface area contributed by atoms with E-state index in [2.05, 4.69) is 10.5 Å². The van der Waals surface area contributed by atoms with Crippen LogP contribution in [0.3, 0.4) is 0 Å². The standard InChI is InChI=1S/C22H26Cl2N2O4/c1-21(2,3)30-20(27)26-25-19(29-13-12-15-8-6-5-7-9-15)22(4,28)16-10-11-17(23)18(24)14-16/h5-11,14,28H,12-13H2,1-4H3,(H,26,27)/b25-19+. The molecule has 0 radical (unpaired) electrons.